The Kier molecular flexibility index (Phi) is 5.87. The van der Waals surface area contributed by atoms with E-state index in [1.54, 1.807) is 19.2 Å². The maximum absolute atomic E-state index is 10.8. The Labute approximate surface area is 160 Å². The molecule has 0 N–H and O–H groups in total. The largest absolute Gasteiger partial charge is 0.493 e. The maximum Gasteiger partial charge on any atom is 0.273 e. The summed E-state index contributed by atoms with van der Waals surface area (Å²) in [5, 5.41) is 13.6. The highest BCUT2D eigenvalue weighted by atomic mass is 32.1. The monoisotopic (exact) mass is 386 g/mol. The van der Waals surface area contributed by atoms with Gasteiger partial charge in [-0.15, -0.1) is 11.3 Å². The number of nitrogens with zero attached hydrogens (tertiary/aromatic N) is 2. The zero-order valence-electron chi connectivity index (χ0n) is 14.9. The Bertz CT molecular complexity index is 941. The fourth-order valence-corrected chi connectivity index (χ4v) is 3.23. The average Bonchev–Trinajstić information content (AvgIpc) is 3.16. The number of benzene rings is 2. The first-order chi connectivity index (χ1) is 13.1. The Hall–Kier alpha value is -3.13. The molecule has 2 aromatic carbocycles. The number of thiazole rings is 1. The van der Waals surface area contributed by atoms with Crippen molar-refractivity contribution in [3.8, 4) is 27.8 Å². The van der Waals surface area contributed by atoms with E-state index >= 15 is 0 Å². The van der Waals surface area contributed by atoms with Crippen molar-refractivity contribution in [1.29, 1.82) is 0 Å². The van der Waals surface area contributed by atoms with Crippen molar-refractivity contribution >= 4 is 17.0 Å². The molecule has 0 saturated carbocycles. The molecule has 0 aliphatic carbocycles. The predicted molar refractivity (Wildman–Crippen MR) is 103 cm³/mol. The number of aromatic nitrogens is 1. The van der Waals surface area contributed by atoms with Crippen molar-refractivity contribution in [2.24, 2.45) is 0 Å². The molecule has 0 aliphatic heterocycles. The second-order valence-electron chi connectivity index (χ2n) is 5.49. The normalized spacial score (nSPS) is 10.4. The van der Waals surface area contributed by atoms with Crippen LogP contribution in [0.2, 0.25) is 0 Å². The summed E-state index contributed by atoms with van der Waals surface area (Å²) in [4.78, 5) is 14.9. The molecule has 7 nitrogen and oxygen atoms in total. The maximum atomic E-state index is 10.8. The number of nitro groups is 1. The van der Waals surface area contributed by atoms with Crippen LogP contribution in [0.3, 0.4) is 0 Å². The first-order valence-corrected chi connectivity index (χ1v) is 9.11. The standard InChI is InChI=1S/C19H18N2O5S/c1-3-25-17-8-7-13(9-18(17)24-2)19-20-14(12-27-19)11-26-16-6-4-5-15(10-16)21(22)23/h4-10,12H,3,11H2,1-2H3. The molecule has 0 saturated heterocycles. The van der Waals surface area contributed by atoms with Gasteiger partial charge < -0.3 is 14.2 Å². The molecule has 1 aromatic heterocycles. The molecule has 0 fully saturated rings. The smallest absolute Gasteiger partial charge is 0.273 e. The summed E-state index contributed by atoms with van der Waals surface area (Å²) in [5.74, 6) is 1.77. The summed E-state index contributed by atoms with van der Waals surface area (Å²) in [6.07, 6.45) is 0. The van der Waals surface area contributed by atoms with Crippen LogP contribution in [0.25, 0.3) is 10.6 Å². The lowest BCUT2D eigenvalue weighted by atomic mass is 10.2. The molecule has 0 bridgehead atoms. The van der Waals surface area contributed by atoms with E-state index < -0.39 is 4.92 Å². The van der Waals surface area contributed by atoms with Crippen molar-refractivity contribution in [3.05, 3.63) is 63.7 Å². The van der Waals surface area contributed by atoms with Gasteiger partial charge in [-0.25, -0.2) is 4.98 Å². The number of non-ortho nitro benzene ring substituents is 1. The Morgan fingerprint density at radius 1 is 1.15 bits per heavy atom. The van der Waals surface area contributed by atoms with Crippen LogP contribution >= 0.6 is 11.3 Å². The van der Waals surface area contributed by atoms with Crippen LogP contribution in [0.5, 0.6) is 17.2 Å². The molecular weight excluding hydrogens is 368 g/mol. The third-order valence-corrected chi connectivity index (χ3v) is 4.62. The van der Waals surface area contributed by atoms with Crippen molar-refractivity contribution in [2.75, 3.05) is 13.7 Å². The molecule has 1 heterocycles. The number of rotatable bonds is 8. The number of ether oxygens (including phenoxy) is 3. The number of methoxy groups -OCH3 is 1. The van der Waals surface area contributed by atoms with Crippen LogP contribution in [-0.4, -0.2) is 23.6 Å². The van der Waals surface area contributed by atoms with Gasteiger partial charge in [0.15, 0.2) is 11.5 Å². The van der Waals surface area contributed by atoms with Crippen LogP contribution in [0, 0.1) is 10.1 Å². The van der Waals surface area contributed by atoms with Gasteiger partial charge in [0.25, 0.3) is 5.69 Å². The zero-order chi connectivity index (χ0) is 19.2. The molecular formula is C19H18N2O5S. The highest BCUT2D eigenvalue weighted by molar-refractivity contribution is 7.13. The summed E-state index contributed by atoms with van der Waals surface area (Å²) in [6.45, 7) is 2.71. The van der Waals surface area contributed by atoms with Crippen molar-refractivity contribution in [2.45, 2.75) is 13.5 Å². The summed E-state index contributed by atoms with van der Waals surface area (Å²) < 4.78 is 16.5. The molecule has 0 unspecified atom stereocenters. The minimum Gasteiger partial charge on any atom is -0.493 e. The van der Waals surface area contributed by atoms with Gasteiger partial charge in [-0.2, -0.15) is 0 Å². The van der Waals surface area contributed by atoms with Crippen LogP contribution in [-0.2, 0) is 6.61 Å². The molecule has 27 heavy (non-hydrogen) atoms. The lowest BCUT2D eigenvalue weighted by molar-refractivity contribution is -0.384. The summed E-state index contributed by atoms with van der Waals surface area (Å²) in [7, 11) is 1.60. The molecule has 3 aromatic rings. The highest BCUT2D eigenvalue weighted by Gasteiger charge is 2.11. The number of nitro benzene ring substituents is 1. The van der Waals surface area contributed by atoms with E-state index in [9.17, 15) is 10.1 Å². The second kappa shape index (κ2) is 8.50. The first-order valence-electron chi connectivity index (χ1n) is 8.23. The van der Waals surface area contributed by atoms with E-state index in [0.717, 1.165) is 16.3 Å². The van der Waals surface area contributed by atoms with Gasteiger partial charge in [0.2, 0.25) is 0 Å². The topological polar surface area (TPSA) is 83.7 Å². The van der Waals surface area contributed by atoms with E-state index in [4.69, 9.17) is 14.2 Å². The fourth-order valence-electron chi connectivity index (χ4n) is 2.43. The van der Waals surface area contributed by atoms with Crippen molar-refractivity contribution in [1.82, 2.24) is 4.98 Å². The van der Waals surface area contributed by atoms with Gasteiger partial charge in [-0.1, -0.05) is 6.07 Å². The molecule has 3 rings (SSSR count). The quantitative estimate of drug-likeness (QED) is 0.412. The third-order valence-electron chi connectivity index (χ3n) is 3.68. The first kappa shape index (κ1) is 18.7. The van der Waals surface area contributed by atoms with Gasteiger partial charge >= 0.3 is 0 Å². The van der Waals surface area contributed by atoms with Crippen LogP contribution in [0.15, 0.2) is 47.8 Å². The molecule has 0 amide bonds. The summed E-state index contributed by atoms with van der Waals surface area (Å²) in [5.41, 5.74) is 1.66. The van der Waals surface area contributed by atoms with E-state index in [1.165, 1.54) is 23.5 Å². The lowest BCUT2D eigenvalue weighted by Crippen LogP contribution is -1.97. The predicted octanol–water partition coefficient (Wildman–Crippen LogP) is 4.70. The minimum absolute atomic E-state index is 0.00653. The molecule has 0 aliphatic rings. The van der Waals surface area contributed by atoms with Crippen LogP contribution < -0.4 is 14.2 Å². The van der Waals surface area contributed by atoms with Crippen LogP contribution in [0.1, 0.15) is 12.6 Å². The van der Waals surface area contributed by atoms with E-state index in [1.807, 2.05) is 30.5 Å². The van der Waals surface area contributed by atoms with E-state index in [-0.39, 0.29) is 12.3 Å². The second-order valence-corrected chi connectivity index (χ2v) is 6.34. The van der Waals surface area contributed by atoms with Gasteiger partial charge in [-0.05, 0) is 31.2 Å². The lowest BCUT2D eigenvalue weighted by Gasteiger charge is -2.10. The Morgan fingerprint density at radius 2 is 2.00 bits per heavy atom. The molecule has 140 valence electrons. The Balaban J connectivity index is 1.71. The number of hydrogen-bond acceptors (Lipinski definition) is 7. The molecule has 8 heteroatoms. The SMILES string of the molecule is CCOc1ccc(-c2nc(COc3cccc([N+](=O)[O-])c3)cs2)cc1OC. The van der Waals surface area contributed by atoms with E-state index in [0.29, 0.717) is 23.9 Å². The third kappa shape index (κ3) is 4.53. The van der Waals surface area contributed by atoms with Gasteiger partial charge in [0.05, 0.1) is 30.4 Å². The van der Waals surface area contributed by atoms with E-state index in [2.05, 4.69) is 4.98 Å². The molecule has 0 spiro atoms. The minimum atomic E-state index is -0.451. The van der Waals surface area contributed by atoms with Crippen molar-refractivity contribution < 1.29 is 19.1 Å². The van der Waals surface area contributed by atoms with Gasteiger partial charge in [0, 0.05) is 17.0 Å². The fraction of sp³-hybridized carbons (Fsp3) is 0.211. The van der Waals surface area contributed by atoms with Gasteiger partial charge in [-0.3, -0.25) is 10.1 Å². The number of hydrogen-bond donors (Lipinski definition) is 0. The highest BCUT2D eigenvalue weighted by Crippen LogP contribution is 2.34. The Morgan fingerprint density at radius 3 is 2.74 bits per heavy atom. The molecule has 0 radical (unpaired) electrons. The summed E-state index contributed by atoms with van der Waals surface area (Å²) in [6, 6.07) is 11.8. The van der Waals surface area contributed by atoms with Gasteiger partial charge in [0.1, 0.15) is 17.4 Å². The van der Waals surface area contributed by atoms with Crippen LogP contribution in [0.4, 0.5) is 5.69 Å². The summed E-state index contributed by atoms with van der Waals surface area (Å²) >= 11 is 1.49. The van der Waals surface area contributed by atoms with Crippen molar-refractivity contribution in [3.63, 3.8) is 0 Å². The zero-order valence-corrected chi connectivity index (χ0v) is 15.7. The molecule has 0 atom stereocenters. The average molecular weight is 386 g/mol.